The Bertz CT molecular complexity index is 801. The molecule has 124 valence electrons. The van der Waals surface area contributed by atoms with Gasteiger partial charge < -0.3 is 4.90 Å². The number of halogens is 1. The zero-order valence-corrected chi connectivity index (χ0v) is 14.1. The fraction of sp³-hybridized carbons (Fsp3) is 0.188. The minimum Gasteiger partial charge on any atom is -0.328 e. The predicted molar refractivity (Wildman–Crippen MR) is 92.0 cm³/mol. The molecule has 3 rings (SSSR count). The maximum atomic E-state index is 11.7. The summed E-state index contributed by atoms with van der Waals surface area (Å²) in [5.74, 6) is 0.511. The molecule has 0 spiro atoms. The largest absolute Gasteiger partial charge is 0.362 e. The van der Waals surface area contributed by atoms with E-state index < -0.39 is 0 Å². The molecule has 7 nitrogen and oxygen atoms in total. The van der Waals surface area contributed by atoms with Crippen molar-refractivity contribution >= 4 is 18.4 Å². The lowest BCUT2D eigenvalue weighted by Gasteiger charge is -2.06. The van der Waals surface area contributed by atoms with Crippen LogP contribution in [0.3, 0.4) is 0 Å². The Morgan fingerprint density at radius 3 is 2.29 bits per heavy atom. The highest BCUT2D eigenvalue weighted by molar-refractivity contribution is 5.85. The molecule has 1 amide bonds. The van der Waals surface area contributed by atoms with Gasteiger partial charge in [-0.3, -0.25) is 4.98 Å². The summed E-state index contributed by atoms with van der Waals surface area (Å²) in [4.78, 5) is 18.1. The molecule has 24 heavy (non-hydrogen) atoms. The van der Waals surface area contributed by atoms with Crippen molar-refractivity contribution in [2.75, 3.05) is 14.1 Å². The van der Waals surface area contributed by atoms with Gasteiger partial charge in [-0.1, -0.05) is 29.1 Å². The molecular weight excluding hydrogens is 328 g/mol. The van der Waals surface area contributed by atoms with Crippen molar-refractivity contribution in [1.29, 1.82) is 0 Å². The second kappa shape index (κ2) is 7.65. The number of nitrogens with zero attached hydrogens (tertiary/aromatic N) is 6. The van der Waals surface area contributed by atoms with Crippen LogP contribution in [0.1, 0.15) is 11.4 Å². The minimum absolute atomic E-state index is 0. The first-order valence-corrected chi connectivity index (χ1v) is 7.13. The topological polar surface area (TPSA) is 76.8 Å². The molecule has 1 aromatic carbocycles. The van der Waals surface area contributed by atoms with Crippen LogP contribution in [-0.2, 0) is 6.42 Å². The van der Waals surface area contributed by atoms with Gasteiger partial charge in [0.05, 0.1) is 0 Å². The van der Waals surface area contributed by atoms with E-state index in [1.54, 1.807) is 26.5 Å². The van der Waals surface area contributed by atoms with Gasteiger partial charge in [0.15, 0.2) is 5.82 Å². The molecule has 0 saturated carbocycles. The smallest absolute Gasteiger partial charge is 0.328 e. The number of hydrogen-bond acceptors (Lipinski definition) is 5. The zero-order chi connectivity index (χ0) is 16.2. The summed E-state index contributed by atoms with van der Waals surface area (Å²) in [5, 5.41) is 11.8. The Balaban J connectivity index is 0.00000208. The third-order valence-electron chi connectivity index (χ3n) is 3.34. The summed E-state index contributed by atoms with van der Waals surface area (Å²) in [6.07, 6.45) is 4.07. The van der Waals surface area contributed by atoms with E-state index in [4.69, 9.17) is 0 Å². The van der Waals surface area contributed by atoms with Crippen LogP contribution in [0.25, 0.3) is 11.1 Å². The van der Waals surface area contributed by atoms with Crippen molar-refractivity contribution in [2.24, 2.45) is 0 Å². The highest BCUT2D eigenvalue weighted by Crippen LogP contribution is 2.19. The van der Waals surface area contributed by atoms with Crippen LogP contribution in [0.4, 0.5) is 4.79 Å². The molecule has 3 aromatic rings. The molecule has 0 aliphatic rings. The number of hydrogen-bond donors (Lipinski definition) is 0. The Morgan fingerprint density at radius 2 is 1.67 bits per heavy atom. The summed E-state index contributed by atoms with van der Waals surface area (Å²) >= 11 is 0. The Hall–Kier alpha value is -2.80. The molecule has 0 fully saturated rings. The minimum atomic E-state index is -0.322. The fourth-order valence-electron chi connectivity index (χ4n) is 2.12. The number of aromatic nitrogens is 5. The lowest BCUT2D eigenvalue weighted by atomic mass is 10.0. The Kier molecular flexibility index (Phi) is 5.59. The molecule has 0 unspecified atom stereocenters. The summed E-state index contributed by atoms with van der Waals surface area (Å²) in [6, 6.07) is 11.7. The normalized spacial score (nSPS) is 10.1. The van der Waals surface area contributed by atoms with Gasteiger partial charge in [0, 0.05) is 32.9 Å². The maximum Gasteiger partial charge on any atom is 0.362 e. The van der Waals surface area contributed by atoms with Crippen molar-refractivity contribution in [3.63, 3.8) is 0 Å². The van der Waals surface area contributed by atoms with Crippen LogP contribution in [-0.4, -0.2) is 50.2 Å². The molecule has 0 aliphatic carbocycles. The van der Waals surface area contributed by atoms with Crippen LogP contribution in [0, 0.1) is 0 Å². The van der Waals surface area contributed by atoms with E-state index in [1.165, 1.54) is 4.90 Å². The van der Waals surface area contributed by atoms with E-state index >= 15 is 0 Å². The average molecular weight is 345 g/mol. The van der Waals surface area contributed by atoms with E-state index in [0.29, 0.717) is 12.2 Å². The van der Waals surface area contributed by atoms with Crippen LogP contribution in [0.5, 0.6) is 0 Å². The molecule has 0 aliphatic heterocycles. The van der Waals surface area contributed by atoms with Crippen LogP contribution in [0.15, 0.2) is 48.8 Å². The number of rotatable bonds is 3. The molecule has 0 radical (unpaired) electrons. The molecule has 0 saturated heterocycles. The van der Waals surface area contributed by atoms with E-state index in [2.05, 4.69) is 20.4 Å². The van der Waals surface area contributed by atoms with Gasteiger partial charge in [-0.15, -0.1) is 22.6 Å². The summed E-state index contributed by atoms with van der Waals surface area (Å²) in [5.41, 5.74) is 3.29. The van der Waals surface area contributed by atoms with Gasteiger partial charge in [0.2, 0.25) is 0 Å². The standard InChI is InChI=1S/C16H16N6O.ClH/c1-21(2)16(23)22-19-15(18-20-22)11-12-3-5-13(6-4-12)14-7-9-17-10-8-14;/h3-10H,11H2,1-2H3;1H. The van der Waals surface area contributed by atoms with Crippen molar-refractivity contribution < 1.29 is 4.79 Å². The monoisotopic (exact) mass is 344 g/mol. The first-order valence-electron chi connectivity index (χ1n) is 7.13. The van der Waals surface area contributed by atoms with Gasteiger partial charge in [0.25, 0.3) is 0 Å². The fourth-order valence-corrected chi connectivity index (χ4v) is 2.12. The number of amides is 1. The second-order valence-electron chi connectivity index (χ2n) is 5.28. The zero-order valence-electron chi connectivity index (χ0n) is 13.3. The van der Waals surface area contributed by atoms with E-state index in [-0.39, 0.29) is 18.4 Å². The number of tetrazole rings is 1. The van der Waals surface area contributed by atoms with Gasteiger partial charge >= 0.3 is 6.03 Å². The van der Waals surface area contributed by atoms with Crippen LogP contribution in [0.2, 0.25) is 0 Å². The SMILES string of the molecule is CN(C)C(=O)n1nnc(Cc2ccc(-c3ccncc3)cc2)n1.Cl. The molecule has 2 aromatic heterocycles. The summed E-state index contributed by atoms with van der Waals surface area (Å²) < 4.78 is 0. The van der Waals surface area contributed by atoms with E-state index in [1.807, 2.05) is 36.4 Å². The first-order chi connectivity index (χ1) is 11.1. The summed E-state index contributed by atoms with van der Waals surface area (Å²) in [6.45, 7) is 0. The van der Waals surface area contributed by atoms with Crippen LogP contribution < -0.4 is 0 Å². The van der Waals surface area contributed by atoms with Crippen molar-refractivity contribution in [3.8, 4) is 11.1 Å². The van der Waals surface area contributed by atoms with Crippen LogP contribution >= 0.6 is 12.4 Å². The van der Waals surface area contributed by atoms with Gasteiger partial charge in [-0.25, -0.2) is 4.79 Å². The Morgan fingerprint density at radius 1 is 1.04 bits per heavy atom. The van der Waals surface area contributed by atoms with Gasteiger partial charge in [-0.2, -0.15) is 0 Å². The molecule has 0 N–H and O–H groups in total. The summed E-state index contributed by atoms with van der Waals surface area (Å²) in [7, 11) is 3.28. The van der Waals surface area contributed by atoms with Gasteiger partial charge in [-0.05, 0) is 34.0 Å². The lowest BCUT2D eigenvalue weighted by molar-refractivity contribution is 0.211. The average Bonchev–Trinajstić information content (AvgIpc) is 3.04. The van der Waals surface area contributed by atoms with Crippen molar-refractivity contribution in [3.05, 3.63) is 60.2 Å². The maximum absolute atomic E-state index is 11.7. The molecule has 2 heterocycles. The molecule has 8 heteroatoms. The molecule has 0 atom stereocenters. The predicted octanol–water partition coefficient (Wildman–Crippen LogP) is 2.28. The Labute approximate surface area is 145 Å². The molecular formula is C16H17ClN6O. The van der Waals surface area contributed by atoms with E-state index in [9.17, 15) is 4.79 Å². The van der Waals surface area contributed by atoms with Gasteiger partial charge in [0.1, 0.15) is 0 Å². The number of benzene rings is 1. The molecule has 0 bridgehead atoms. The third-order valence-corrected chi connectivity index (χ3v) is 3.34. The highest BCUT2D eigenvalue weighted by atomic mass is 35.5. The number of carbonyl (C=O) groups excluding carboxylic acids is 1. The third kappa shape index (κ3) is 3.94. The number of carbonyl (C=O) groups is 1. The quantitative estimate of drug-likeness (QED) is 0.728. The second-order valence-corrected chi connectivity index (χ2v) is 5.28. The first kappa shape index (κ1) is 17.6. The lowest BCUT2D eigenvalue weighted by Crippen LogP contribution is -2.29. The van der Waals surface area contributed by atoms with E-state index in [0.717, 1.165) is 21.5 Å². The highest BCUT2D eigenvalue weighted by Gasteiger charge is 2.12. The van der Waals surface area contributed by atoms with Crippen molar-refractivity contribution in [1.82, 2.24) is 30.1 Å². The number of pyridine rings is 1. The van der Waals surface area contributed by atoms with Crippen molar-refractivity contribution in [2.45, 2.75) is 6.42 Å².